The lowest BCUT2D eigenvalue weighted by Crippen LogP contribution is -2.14. The smallest absolute Gasteiger partial charge is 0.354 e. The Morgan fingerprint density at radius 1 is 1.37 bits per heavy atom. The summed E-state index contributed by atoms with van der Waals surface area (Å²) in [6.07, 6.45) is 2.03. The van der Waals surface area contributed by atoms with Gasteiger partial charge in [0.1, 0.15) is 11.6 Å². The van der Waals surface area contributed by atoms with Gasteiger partial charge in [0.25, 0.3) is 5.91 Å². The summed E-state index contributed by atoms with van der Waals surface area (Å²) >= 11 is 0. The second-order valence-electron chi connectivity index (χ2n) is 3.78. The Kier molecular flexibility index (Phi) is 3.61. The molecule has 0 aliphatic rings. The van der Waals surface area contributed by atoms with E-state index in [2.05, 4.69) is 10.3 Å². The van der Waals surface area contributed by atoms with Crippen LogP contribution >= 0.6 is 0 Å². The number of amides is 1. The van der Waals surface area contributed by atoms with Crippen molar-refractivity contribution in [2.45, 2.75) is 13.3 Å². The predicted octanol–water partition coefficient (Wildman–Crippen LogP) is 2.19. The number of hydrogen-bond acceptors (Lipinski definition) is 4. The van der Waals surface area contributed by atoms with E-state index in [9.17, 15) is 9.59 Å². The summed E-state index contributed by atoms with van der Waals surface area (Å²) in [6, 6.07) is 5.96. The number of aryl methyl sites for hydroxylation is 1. The molecule has 2 aromatic rings. The molecule has 0 fully saturated rings. The molecule has 0 atom stereocenters. The fraction of sp³-hybridized carbons (Fsp3) is 0.154. The molecule has 0 spiro atoms. The third-order valence-electron chi connectivity index (χ3n) is 2.52. The van der Waals surface area contributed by atoms with Crippen molar-refractivity contribution in [2.24, 2.45) is 0 Å². The maximum absolute atomic E-state index is 12.0. The number of carboxylic acid groups (broad SMARTS) is 1. The lowest BCUT2D eigenvalue weighted by molar-refractivity contribution is 0.0690. The minimum Gasteiger partial charge on any atom is -0.477 e. The highest BCUT2D eigenvalue weighted by Crippen LogP contribution is 2.14. The lowest BCUT2D eigenvalue weighted by Gasteiger charge is -2.04. The molecule has 2 aromatic heterocycles. The zero-order valence-corrected chi connectivity index (χ0v) is 10.2. The topological polar surface area (TPSA) is 92.4 Å². The van der Waals surface area contributed by atoms with Crippen molar-refractivity contribution < 1.29 is 19.1 Å². The van der Waals surface area contributed by atoms with E-state index in [1.54, 1.807) is 6.07 Å². The van der Waals surface area contributed by atoms with Crippen molar-refractivity contribution in [1.82, 2.24) is 4.98 Å². The van der Waals surface area contributed by atoms with E-state index in [1.807, 2.05) is 6.92 Å². The van der Waals surface area contributed by atoms with E-state index in [0.717, 1.165) is 0 Å². The number of nitrogens with one attached hydrogen (secondary N) is 1. The highest BCUT2D eigenvalue weighted by atomic mass is 16.4. The molecule has 0 aliphatic heterocycles. The van der Waals surface area contributed by atoms with Crippen LogP contribution in [0, 0.1) is 0 Å². The zero-order valence-electron chi connectivity index (χ0n) is 10.2. The normalized spacial score (nSPS) is 10.2. The van der Waals surface area contributed by atoms with Crippen LogP contribution < -0.4 is 5.32 Å². The third kappa shape index (κ3) is 2.79. The molecule has 6 heteroatoms. The third-order valence-corrected chi connectivity index (χ3v) is 2.52. The highest BCUT2D eigenvalue weighted by molar-refractivity contribution is 6.04. The van der Waals surface area contributed by atoms with Crippen LogP contribution in [0.2, 0.25) is 0 Å². The van der Waals surface area contributed by atoms with Crippen LogP contribution in [0.5, 0.6) is 0 Å². The second-order valence-corrected chi connectivity index (χ2v) is 3.78. The number of pyridine rings is 1. The maximum atomic E-state index is 12.0. The van der Waals surface area contributed by atoms with Crippen molar-refractivity contribution in [2.75, 3.05) is 5.32 Å². The minimum absolute atomic E-state index is 0.124. The average Bonchev–Trinajstić information content (AvgIpc) is 2.87. The Morgan fingerprint density at radius 3 is 2.84 bits per heavy atom. The maximum Gasteiger partial charge on any atom is 0.354 e. The van der Waals surface area contributed by atoms with Crippen molar-refractivity contribution >= 4 is 17.7 Å². The number of aromatic carboxylic acids is 1. The van der Waals surface area contributed by atoms with E-state index < -0.39 is 5.97 Å². The van der Waals surface area contributed by atoms with Crippen molar-refractivity contribution in [3.05, 3.63) is 47.5 Å². The highest BCUT2D eigenvalue weighted by Gasteiger charge is 2.14. The number of rotatable bonds is 4. The fourth-order valence-electron chi connectivity index (χ4n) is 1.62. The molecule has 1 amide bonds. The molecule has 0 radical (unpaired) electrons. The van der Waals surface area contributed by atoms with Gasteiger partial charge in [-0.05, 0) is 18.2 Å². The van der Waals surface area contributed by atoms with Gasteiger partial charge in [-0.25, -0.2) is 9.78 Å². The number of carboxylic acids is 1. The van der Waals surface area contributed by atoms with Gasteiger partial charge in [-0.15, -0.1) is 0 Å². The number of carbonyl (C=O) groups is 2. The zero-order chi connectivity index (χ0) is 13.8. The summed E-state index contributed by atoms with van der Waals surface area (Å²) in [5.41, 5.74) is 0.297. The van der Waals surface area contributed by atoms with E-state index in [1.165, 1.54) is 24.5 Å². The van der Waals surface area contributed by atoms with E-state index in [4.69, 9.17) is 9.52 Å². The summed E-state index contributed by atoms with van der Waals surface area (Å²) in [5, 5.41) is 11.4. The largest absolute Gasteiger partial charge is 0.477 e. The molecule has 0 unspecified atom stereocenters. The first-order valence-corrected chi connectivity index (χ1v) is 5.70. The molecule has 2 rings (SSSR count). The van der Waals surface area contributed by atoms with Gasteiger partial charge in [-0.2, -0.15) is 0 Å². The number of furan rings is 1. The van der Waals surface area contributed by atoms with Gasteiger partial charge in [0, 0.05) is 6.42 Å². The SMILES string of the molecule is CCc1occc1C(=O)Nc1cccc(C(=O)O)n1. The van der Waals surface area contributed by atoms with Crippen LogP contribution in [0.15, 0.2) is 34.9 Å². The second kappa shape index (κ2) is 5.34. The molecule has 6 nitrogen and oxygen atoms in total. The molecule has 0 aromatic carbocycles. The Morgan fingerprint density at radius 2 is 2.16 bits per heavy atom. The molecule has 0 saturated heterocycles. The predicted molar refractivity (Wildman–Crippen MR) is 67.2 cm³/mol. The molecule has 0 saturated carbocycles. The number of anilines is 1. The van der Waals surface area contributed by atoms with Gasteiger partial charge in [-0.3, -0.25) is 4.79 Å². The molecular weight excluding hydrogens is 248 g/mol. The monoisotopic (exact) mass is 260 g/mol. The Labute approximate surface area is 109 Å². The van der Waals surface area contributed by atoms with Crippen molar-refractivity contribution in [1.29, 1.82) is 0 Å². The quantitative estimate of drug-likeness (QED) is 0.879. The molecule has 98 valence electrons. The van der Waals surface area contributed by atoms with Crippen LogP contribution in [0.25, 0.3) is 0 Å². The Balaban J connectivity index is 2.19. The minimum atomic E-state index is -1.14. The van der Waals surface area contributed by atoms with Crippen LogP contribution in [-0.2, 0) is 6.42 Å². The molecular formula is C13H12N2O4. The first kappa shape index (κ1) is 12.8. The van der Waals surface area contributed by atoms with Gasteiger partial charge >= 0.3 is 5.97 Å². The standard InChI is InChI=1S/C13H12N2O4/c1-2-10-8(6-7-19-10)12(16)15-11-5-3-4-9(14-11)13(17)18/h3-7H,2H2,1H3,(H,17,18)(H,14,15,16). The van der Waals surface area contributed by atoms with Crippen LogP contribution in [0.4, 0.5) is 5.82 Å². The van der Waals surface area contributed by atoms with Gasteiger partial charge in [0.2, 0.25) is 0 Å². The molecule has 2 N–H and O–H groups in total. The number of nitrogens with zero attached hydrogens (tertiary/aromatic N) is 1. The number of carbonyl (C=O) groups excluding carboxylic acids is 1. The molecule has 2 heterocycles. The van der Waals surface area contributed by atoms with E-state index in [-0.39, 0.29) is 17.4 Å². The van der Waals surface area contributed by atoms with Crippen LogP contribution in [0.3, 0.4) is 0 Å². The first-order chi connectivity index (χ1) is 9.11. The summed E-state index contributed by atoms with van der Waals surface area (Å²) in [5.74, 6) is -0.755. The lowest BCUT2D eigenvalue weighted by atomic mass is 10.2. The molecule has 0 aliphatic carbocycles. The Bertz CT molecular complexity index is 619. The summed E-state index contributed by atoms with van der Waals surface area (Å²) in [7, 11) is 0. The van der Waals surface area contributed by atoms with Gasteiger partial charge < -0.3 is 14.8 Å². The number of aromatic nitrogens is 1. The van der Waals surface area contributed by atoms with Crippen molar-refractivity contribution in [3.63, 3.8) is 0 Å². The summed E-state index contributed by atoms with van der Waals surface area (Å²) in [4.78, 5) is 26.6. The van der Waals surface area contributed by atoms with Gasteiger partial charge in [-0.1, -0.05) is 13.0 Å². The fourth-order valence-corrected chi connectivity index (χ4v) is 1.62. The summed E-state index contributed by atoms with van der Waals surface area (Å²) < 4.78 is 5.16. The summed E-state index contributed by atoms with van der Waals surface area (Å²) in [6.45, 7) is 1.87. The van der Waals surface area contributed by atoms with Gasteiger partial charge in [0.15, 0.2) is 5.69 Å². The van der Waals surface area contributed by atoms with E-state index >= 15 is 0 Å². The van der Waals surface area contributed by atoms with Crippen LogP contribution in [0.1, 0.15) is 33.5 Å². The van der Waals surface area contributed by atoms with Gasteiger partial charge in [0.05, 0.1) is 11.8 Å². The molecule has 0 bridgehead atoms. The molecule has 19 heavy (non-hydrogen) atoms. The Hall–Kier alpha value is -2.63. The van der Waals surface area contributed by atoms with E-state index in [0.29, 0.717) is 17.7 Å². The van der Waals surface area contributed by atoms with Crippen molar-refractivity contribution in [3.8, 4) is 0 Å². The number of hydrogen-bond donors (Lipinski definition) is 2. The first-order valence-electron chi connectivity index (χ1n) is 5.70. The van der Waals surface area contributed by atoms with Crippen LogP contribution in [-0.4, -0.2) is 22.0 Å². The average molecular weight is 260 g/mol.